The van der Waals surface area contributed by atoms with Crippen LogP contribution in [-0.4, -0.2) is 36.7 Å². The van der Waals surface area contributed by atoms with Crippen molar-refractivity contribution in [2.24, 2.45) is 5.92 Å². The Bertz CT molecular complexity index is 825. The second-order valence-corrected chi connectivity index (χ2v) is 6.31. The molecule has 7 nitrogen and oxygen atoms in total. The summed E-state index contributed by atoms with van der Waals surface area (Å²) in [6.07, 6.45) is 2.61. The van der Waals surface area contributed by atoms with Crippen LogP contribution in [0.15, 0.2) is 42.6 Å². The molecule has 2 amide bonds. The molecule has 0 aliphatic carbocycles. The third kappa shape index (κ3) is 3.33. The van der Waals surface area contributed by atoms with Crippen LogP contribution in [0.25, 0.3) is 0 Å². The molecule has 1 atom stereocenters. The predicted octanol–water partition coefficient (Wildman–Crippen LogP) is 1.52. The molecule has 1 aromatic carbocycles. The van der Waals surface area contributed by atoms with Gasteiger partial charge < -0.3 is 19.7 Å². The van der Waals surface area contributed by atoms with E-state index in [0.29, 0.717) is 31.0 Å². The summed E-state index contributed by atoms with van der Waals surface area (Å²) in [5.74, 6) is 0.783. The Hall–Kier alpha value is -3.09. The molecule has 0 spiro atoms. The van der Waals surface area contributed by atoms with Gasteiger partial charge in [-0.15, -0.1) is 0 Å². The third-order valence-corrected chi connectivity index (χ3v) is 4.57. The van der Waals surface area contributed by atoms with E-state index in [9.17, 15) is 9.59 Å². The number of rotatable bonds is 5. The van der Waals surface area contributed by atoms with Crippen LogP contribution in [0.3, 0.4) is 0 Å². The highest BCUT2D eigenvalue weighted by molar-refractivity contribution is 6.00. The summed E-state index contributed by atoms with van der Waals surface area (Å²) in [6, 6.07) is 11.1. The summed E-state index contributed by atoms with van der Waals surface area (Å²) >= 11 is 0. The molecular formula is C19H19N3O4. The lowest BCUT2D eigenvalue weighted by atomic mass is 10.1. The van der Waals surface area contributed by atoms with Crippen molar-refractivity contribution in [3.8, 4) is 11.5 Å². The van der Waals surface area contributed by atoms with Crippen molar-refractivity contribution in [1.82, 2.24) is 10.3 Å². The summed E-state index contributed by atoms with van der Waals surface area (Å²) in [4.78, 5) is 30.6. The Morgan fingerprint density at radius 1 is 1.23 bits per heavy atom. The fraction of sp³-hybridized carbons (Fsp3) is 0.316. The molecule has 1 fully saturated rings. The van der Waals surface area contributed by atoms with Gasteiger partial charge in [0.25, 0.3) is 0 Å². The van der Waals surface area contributed by atoms with Crippen LogP contribution < -0.4 is 19.7 Å². The lowest BCUT2D eigenvalue weighted by molar-refractivity contribution is -0.126. The molecule has 3 heterocycles. The fourth-order valence-corrected chi connectivity index (χ4v) is 3.19. The first-order valence-electron chi connectivity index (χ1n) is 8.58. The number of pyridine rings is 1. The fourth-order valence-electron chi connectivity index (χ4n) is 3.19. The molecular weight excluding hydrogens is 334 g/mol. The number of aromatic nitrogens is 1. The van der Waals surface area contributed by atoms with Crippen molar-refractivity contribution in [2.75, 3.05) is 24.8 Å². The summed E-state index contributed by atoms with van der Waals surface area (Å²) in [7, 11) is 0. The van der Waals surface area contributed by atoms with E-state index < -0.39 is 0 Å². The van der Waals surface area contributed by atoms with Gasteiger partial charge in [0.15, 0.2) is 11.5 Å². The van der Waals surface area contributed by atoms with Gasteiger partial charge in [-0.25, -0.2) is 0 Å². The summed E-state index contributed by atoms with van der Waals surface area (Å²) in [5, 5.41) is 2.90. The number of nitrogens with one attached hydrogen (secondary N) is 1. The highest BCUT2D eigenvalue weighted by atomic mass is 16.7. The van der Waals surface area contributed by atoms with E-state index in [4.69, 9.17) is 9.47 Å². The molecule has 7 heteroatoms. The summed E-state index contributed by atoms with van der Waals surface area (Å²) < 4.78 is 10.6. The number of hydrogen-bond acceptors (Lipinski definition) is 5. The van der Waals surface area contributed by atoms with E-state index in [1.807, 2.05) is 24.3 Å². The largest absolute Gasteiger partial charge is 0.454 e. The minimum Gasteiger partial charge on any atom is -0.454 e. The van der Waals surface area contributed by atoms with Gasteiger partial charge in [0.1, 0.15) is 0 Å². The van der Waals surface area contributed by atoms with E-state index in [2.05, 4.69) is 10.3 Å². The van der Waals surface area contributed by atoms with Gasteiger partial charge in [-0.05, 0) is 24.3 Å². The average Bonchev–Trinajstić information content (AvgIpc) is 3.28. The van der Waals surface area contributed by atoms with Gasteiger partial charge in [0.2, 0.25) is 18.6 Å². The van der Waals surface area contributed by atoms with Gasteiger partial charge in [-0.2, -0.15) is 0 Å². The first-order chi connectivity index (χ1) is 12.7. The van der Waals surface area contributed by atoms with E-state index in [-0.39, 0.29) is 30.9 Å². The predicted molar refractivity (Wildman–Crippen MR) is 94.0 cm³/mol. The molecule has 26 heavy (non-hydrogen) atoms. The van der Waals surface area contributed by atoms with Crippen LogP contribution in [-0.2, 0) is 16.0 Å². The number of carbonyl (C=O) groups is 2. The van der Waals surface area contributed by atoms with Crippen LogP contribution in [0.4, 0.5) is 5.69 Å². The Labute approximate surface area is 150 Å². The Morgan fingerprint density at radius 2 is 2.12 bits per heavy atom. The number of nitrogens with zero attached hydrogens (tertiary/aromatic N) is 2. The second-order valence-electron chi connectivity index (χ2n) is 6.31. The lowest BCUT2D eigenvalue weighted by Gasteiger charge is -2.17. The van der Waals surface area contributed by atoms with Gasteiger partial charge in [0.05, 0.1) is 5.92 Å². The molecule has 0 saturated carbocycles. The van der Waals surface area contributed by atoms with Crippen LogP contribution in [0.1, 0.15) is 12.1 Å². The molecule has 2 aliphatic heterocycles. The maximum atomic E-state index is 12.4. The molecule has 1 unspecified atom stereocenters. The van der Waals surface area contributed by atoms with Crippen LogP contribution in [0.5, 0.6) is 11.5 Å². The Balaban J connectivity index is 1.34. The number of anilines is 1. The quantitative estimate of drug-likeness (QED) is 0.882. The monoisotopic (exact) mass is 353 g/mol. The van der Waals surface area contributed by atoms with Crippen molar-refractivity contribution < 1.29 is 19.1 Å². The molecule has 1 N–H and O–H groups in total. The lowest BCUT2D eigenvalue weighted by Crippen LogP contribution is -2.34. The number of hydrogen-bond donors (Lipinski definition) is 1. The normalized spacial score (nSPS) is 18.2. The smallest absolute Gasteiger partial charge is 0.231 e. The average molecular weight is 353 g/mol. The van der Waals surface area contributed by atoms with Crippen molar-refractivity contribution in [3.63, 3.8) is 0 Å². The van der Waals surface area contributed by atoms with Crippen molar-refractivity contribution in [3.05, 3.63) is 48.3 Å². The van der Waals surface area contributed by atoms with Crippen LogP contribution in [0, 0.1) is 5.92 Å². The maximum Gasteiger partial charge on any atom is 0.231 e. The summed E-state index contributed by atoms with van der Waals surface area (Å²) in [5.41, 5.74) is 1.65. The molecule has 2 aromatic rings. The zero-order valence-corrected chi connectivity index (χ0v) is 14.2. The van der Waals surface area contributed by atoms with E-state index in [1.54, 1.807) is 23.2 Å². The van der Waals surface area contributed by atoms with Crippen LogP contribution in [0.2, 0.25) is 0 Å². The maximum absolute atomic E-state index is 12.4. The van der Waals surface area contributed by atoms with Crippen molar-refractivity contribution >= 4 is 17.5 Å². The Morgan fingerprint density at radius 3 is 2.96 bits per heavy atom. The van der Waals surface area contributed by atoms with Crippen molar-refractivity contribution in [2.45, 2.75) is 12.8 Å². The number of amides is 2. The zero-order chi connectivity index (χ0) is 17.9. The molecule has 2 aliphatic rings. The van der Waals surface area contributed by atoms with E-state index in [0.717, 1.165) is 11.4 Å². The van der Waals surface area contributed by atoms with Gasteiger partial charge >= 0.3 is 0 Å². The highest BCUT2D eigenvalue weighted by Gasteiger charge is 2.35. The first kappa shape index (κ1) is 16.4. The zero-order valence-electron chi connectivity index (χ0n) is 14.2. The van der Waals surface area contributed by atoms with Crippen LogP contribution >= 0.6 is 0 Å². The molecule has 1 aromatic heterocycles. The third-order valence-electron chi connectivity index (χ3n) is 4.57. The minimum atomic E-state index is -0.350. The van der Waals surface area contributed by atoms with E-state index in [1.165, 1.54) is 0 Å². The molecule has 4 rings (SSSR count). The molecule has 0 radical (unpaired) electrons. The van der Waals surface area contributed by atoms with Gasteiger partial charge in [0, 0.05) is 49.6 Å². The molecule has 1 saturated heterocycles. The summed E-state index contributed by atoms with van der Waals surface area (Å²) in [6.45, 7) is 1.06. The minimum absolute atomic E-state index is 0.0614. The molecule has 134 valence electrons. The highest BCUT2D eigenvalue weighted by Crippen LogP contribution is 2.37. The topological polar surface area (TPSA) is 80.8 Å². The number of ether oxygens (including phenoxy) is 2. The van der Waals surface area contributed by atoms with Crippen molar-refractivity contribution in [1.29, 1.82) is 0 Å². The number of fused-ring (bicyclic) bond motifs is 1. The van der Waals surface area contributed by atoms with Gasteiger partial charge in [-0.3, -0.25) is 14.6 Å². The van der Waals surface area contributed by atoms with Gasteiger partial charge in [-0.1, -0.05) is 6.07 Å². The second kappa shape index (κ2) is 7.03. The number of benzene rings is 1. The molecule has 0 bridgehead atoms. The van der Waals surface area contributed by atoms with E-state index >= 15 is 0 Å². The standard InChI is InChI=1S/C19H19N3O4/c23-18-9-13(19(24)21-8-6-14-3-1-2-7-20-14)11-22(18)15-4-5-16-17(10-15)26-12-25-16/h1-5,7,10,13H,6,8-9,11-12H2,(H,21,24). The number of carbonyl (C=O) groups excluding carboxylic acids is 2. The first-order valence-corrected chi connectivity index (χ1v) is 8.58. The SMILES string of the molecule is O=C(NCCc1ccccn1)C1CC(=O)N(c2ccc3c(c2)OCO3)C1. The Kier molecular flexibility index (Phi) is 4.43.